The van der Waals surface area contributed by atoms with Gasteiger partial charge in [-0.15, -0.1) is 0 Å². The molecule has 0 spiro atoms. The second-order valence-corrected chi connectivity index (χ2v) is 6.41. The molecule has 3 nitrogen and oxygen atoms in total. The molecule has 6 heteroatoms. The summed E-state index contributed by atoms with van der Waals surface area (Å²) in [4.78, 5) is 11.5. The minimum absolute atomic E-state index is 0.0132. The highest BCUT2D eigenvalue weighted by molar-refractivity contribution is 5.84. The number of benzene rings is 2. The highest BCUT2D eigenvalue weighted by Crippen LogP contribution is 2.39. The number of rotatable bonds is 4. The van der Waals surface area contributed by atoms with Crippen LogP contribution in [0.5, 0.6) is 5.75 Å². The average Bonchev–Trinajstić information content (AvgIpc) is 2.63. The van der Waals surface area contributed by atoms with Gasteiger partial charge in [0.2, 0.25) is 0 Å². The van der Waals surface area contributed by atoms with Crippen molar-refractivity contribution in [2.75, 3.05) is 7.11 Å². The Hall–Kier alpha value is -2.76. The van der Waals surface area contributed by atoms with Gasteiger partial charge in [-0.1, -0.05) is 36.4 Å². The van der Waals surface area contributed by atoms with Crippen LogP contribution >= 0.6 is 0 Å². The fourth-order valence-corrected chi connectivity index (χ4v) is 3.29. The number of ether oxygens (including phenoxy) is 2. The fraction of sp³-hybridized carbons (Fsp3) is 0.286. The molecule has 27 heavy (non-hydrogen) atoms. The molecule has 0 atom stereocenters. The van der Waals surface area contributed by atoms with Gasteiger partial charge in [0.1, 0.15) is 11.5 Å². The van der Waals surface area contributed by atoms with Crippen LogP contribution in [0.2, 0.25) is 0 Å². The summed E-state index contributed by atoms with van der Waals surface area (Å²) < 4.78 is 48.7. The van der Waals surface area contributed by atoms with Gasteiger partial charge in [0.25, 0.3) is 0 Å². The zero-order valence-electron chi connectivity index (χ0n) is 15.0. The van der Waals surface area contributed by atoms with E-state index in [1.807, 2.05) is 31.2 Å². The van der Waals surface area contributed by atoms with Crippen LogP contribution in [0.25, 0.3) is 5.76 Å². The van der Waals surface area contributed by atoms with Gasteiger partial charge in [-0.3, -0.25) is 0 Å². The summed E-state index contributed by atoms with van der Waals surface area (Å²) in [7, 11) is 1.50. The van der Waals surface area contributed by atoms with Gasteiger partial charge >= 0.3 is 12.1 Å². The first kappa shape index (κ1) is 19.0. The molecule has 0 unspecified atom stereocenters. The van der Waals surface area contributed by atoms with Crippen LogP contribution in [0.3, 0.4) is 0 Å². The lowest BCUT2D eigenvalue weighted by Gasteiger charge is -2.25. The van der Waals surface area contributed by atoms with Crippen molar-refractivity contribution >= 4 is 11.7 Å². The van der Waals surface area contributed by atoms with Crippen molar-refractivity contribution in [1.29, 1.82) is 0 Å². The van der Waals surface area contributed by atoms with Gasteiger partial charge < -0.3 is 9.47 Å². The molecule has 1 aliphatic rings. The Balaban J connectivity index is 2.08. The molecular weight excluding hydrogens is 357 g/mol. The van der Waals surface area contributed by atoms with E-state index in [0.29, 0.717) is 36.1 Å². The number of alkyl halides is 3. The third-order valence-corrected chi connectivity index (χ3v) is 4.69. The van der Waals surface area contributed by atoms with Crippen LogP contribution in [0.4, 0.5) is 13.2 Å². The molecule has 0 saturated heterocycles. The van der Waals surface area contributed by atoms with Crippen molar-refractivity contribution in [2.45, 2.75) is 32.4 Å². The highest BCUT2D eigenvalue weighted by Gasteiger charge is 2.42. The van der Waals surface area contributed by atoms with E-state index in [-0.39, 0.29) is 5.76 Å². The molecule has 0 aliphatic heterocycles. The molecule has 0 fully saturated rings. The number of methoxy groups -OCH3 is 1. The molecule has 0 heterocycles. The third kappa shape index (κ3) is 3.99. The first-order valence-corrected chi connectivity index (χ1v) is 8.53. The van der Waals surface area contributed by atoms with Crippen LogP contribution in [-0.4, -0.2) is 19.3 Å². The summed E-state index contributed by atoms with van der Waals surface area (Å²) in [6.07, 6.45) is -3.54. The lowest BCUT2D eigenvalue weighted by molar-refractivity contribution is -0.192. The zero-order chi connectivity index (χ0) is 19.6. The van der Waals surface area contributed by atoms with Crippen molar-refractivity contribution in [1.82, 2.24) is 0 Å². The number of carbonyl (C=O) groups is 1. The summed E-state index contributed by atoms with van der Waals surface area (Å²) in [5.74, 6) is -1.65. The molecule has 0 aromatic heterocycles. The minimum atomic E-state index is -5.06. The number of hydrogen-bond acceptors (Lipinski definition) is 3. The number of aryl methyl sites for hydroxylation is 1. The topological polar surface area (TPSA) is 35.5 Å². The van der Waals surface area contributed by atoms with E-state index >= 15 is 0 Å². The zero-order valence-corrected chi connectivity index (χ0v) is 15.0. The molecule has 2 aromatic carbocycles. The molecular formula is C21H19F3O3. The number of fused-ring (bicyclic) bond motifs is 1. The molecule has 2 aromatic rings. The molecule has 0 saturated carbocycles. The second-order valence-electron chi connectivity index (χ2n) is 6.41. The maximum absolute atomic E-state index is 12.8. The Kier molecular flexibility index (Phi) is 5.26. The van der Waals surface area contributed by atoms with Crippen molar-refractivity contribution in [3.63, 3.8) is 0 Å². The third-order valence-electron chi connectivity index (χ3n) is 4.69. The van der Waals surface area contributed by atoms with E-state index in [0.717, 1.165) is 16.7 Å². The lowest BCUT2D eigenvalue weighted by Crippen LogP contribution is -2.26. The van der Waals surface area contributed by atoms with Crippen LogP contribution in [0, 0.1) is 6.92 Å². The van der Waals surface area contributed by atoms with E-state index in [1.54, 1.807) is 18.2 Å². The SMILES string of the molecule is COc1cccc2c1CCC(Cc1ccccc1C)=C2OC(=O)C(F)(F)F. The van der Waals surface area contributed by atoms with Gasteiger partial charge in [-0.25, -0.2) is 4.79 Å². The summed E-state index contributed by atoms with van der Waals surface area (Å²) in [6, 6.07) is 12.7. The van der Waals surface area contributed by atoms with Crippen molar-refractivity contribution in [3.8, 4) is 5.75 Å². The second kappa shape index (κ2) is 7.47. The molecule has 0 N–H and O–H groups in total. The number of esters is 1. The van der Waals surface area contributed by atoms with Crippen molar-refractivity contribution in [3.05, 3.63) is 70.3 Å². The molecule has 3 rings (SSSR count). The predicted octanol–water partition coefficient (Wildman–Crippen LogP) is 5.01. The van der Waals surface area contributed by atoms with Gasteiger partial charge in [0.15, 0.2) is 0 Å². The highest BCUT2D eigenvalue weighted by atomic mass is 19.4. The largest absolute Gasteiger partial charge is 0.496 e. The average molecular weight is 376 g/mol. The molecule has 142 valence electrons. The van der Waals surface area contributed by atoms with Crippen LogP contribution in [-0.2, 0) is 22.4 Å². The fourth-order valence-electron chi connectivity index (χ4n) is 3.29. The minimum Gasteiger partial charge on any atom is -0.496 e. The maximum atomic E-state index is 12.8. The van der Waals surface area contributed by atoms with E-state index in [1.165, 1.54) is 7.11 Å². The van der Waals surface area contributed by atoms with Gasteiger partial charge in [0, 0.05) is 11.1 Å². The Morgan fingerprint density at radius 3 is 2.48 bits per heavy atom. The summed E-state index contributed by atoms with van der Waals surface area (Å²) in [6.45, 7) is 1.94. The van der Waals surface area contributed by atoms with E-state index in [9.17, 15) is 18.0 Å². The molecule has 0 bridgehead atoms. The summed E-state index contributed by atoms with van der Waals surface area (Å²) >= 11 is 0. The number of allylic oxidation sites excluding steroid dienone is 1. The number of carbonyl (C=O) groups excluding carboxylic acids is 1. The number of hydrogen-bond donors (Lipinski definition) is 0. The Morgan fingerprint density at radius 1 is 1.07 bits per heavy atom. The summed E-state index contributed by atoms with van der Waals surface area (Å²) in [5.41, 5.74) is 3.91. The van der Waals surface area contributed by atoms with Crippen molar-refractivity contribution < 1.29 is 27.4 Å². The Bertz CT molecular complexity index is 898. The monoisotopic (exact) mass is 376 g/mol. The van der Waals surface area contributed by atoms with Gasteiger partial charge in [0.05, 0.1) is 7.11 Å². The lowest BCUT2D eigenvalue weighted by atomic mass is 9.86. The quantitative estimate of drug-likeness (QED) is 0.704. The number of halogens is 3. The van der Waals surface area contributed by atoms with Crippen LogP contribution in [0.15, 0.2) is 48.0 Å². The van der Waals surface area contributed by atoms with Crippen LogP contribution < -0.4 is 4.74 Å². The predicted molar refractivity (Wildman–Crippen MR) is 95.3 cm³/mol. The van der Waals surface area contributed by atoms with Crippen molar-refractivity contribution in [2.24, 2.45) is 0 Å². The Morgan fingerprint density at radius 2 is 1.81 bits per heavy atom. The standard InChI is InChI=1S/C21H19F3O3/c1-13-6-3-4-7-14(13)12-15-10-11-16-17(8-5-9-18(16)26-2)19(15)27-20(25)21(22,23)24/h3-9H,10-12H2,1-2H3. The maximum Gasteiger partial charge on any atom is 0.491 e. The van der Waals surface area contributed by atoms with E-state index < -0.39 is 12.1 Å². The molecule has 1 aliphatic carbocycles. The van der Waals surface area contributed by atoms with E-state index in [4.69, 9.17) is 9.47 Å². The molecule has 0 amide bonds. The van der Waals surface area contributed by atoms with E-state index in [2.05, 4.69) is 0 Å². The van der Waals surface area contributed by atoms with Gasteiger partial charge in [-0.2, -0.15) is 13.2 Å². The first-order valence-electron chi connectivity index (χ1n) is 8.53. The summed E-state index contributed by atoms with van der Waals surface area (Å²) in [5, 5.41) is 0. The van der Waals surface area contributed by atoms with Crippen LogP contribution in [0.1, 0.15) is 28.7 Å². The Labute approximate surface area is 155 Å². The normalized spacial score (nSPS) is 14.0. The first-order chi connectivity index (χ1) is 12.8. The smallest absolute Gasteiger partial charge is 0.491 e. The molecule has 0 radical (unpaired) electrons. The van der Waals surface area contributed by atoms with Gasteiger partial charge in [-0.05, 0) is 49.0 Å².